The minimum absolute atomic E-state index is 0.486. The van der Waals surface area contributed by atoms with E-state index >= 15 is 0 Å². The number of amidine groups is 1. The molecule has 5 rings (SSSR count). The van der Waals surface area contributed by atoms with Crippen LogP contribution < -0.4 is 15.6 Å². The van der Waals surface area contributed by atoms with Gasteiger partial charge in [-0.05, 0) is 12.1 Å². The monoisotopic (exact) mass is 500 g/mol. The molecule has 1 fully saturated rings. The standard InChI is InChI=1S/C23H28N6O3S2/c1-34(30,31)28-13-11-27(12-14-28)15-16-32-29-20-8-4-2-6-18(20)22(19-7-3-5-9-21(19)29)25-26-23-24-10-17-33-23/h2-9H,10-17H2,1H3,(H,24,26). The van der Waals surface area contributed by atoms with E-state index in [4.69, 9.17) is 9.94 Å². The minimum atomic E-state index is -3.13. The molecule has 9 nitrogen and oxygen atoms in total. The van der Waals surface area contributed by atoms with Crippen LogP contribution in [0.15, 0.2) is 58.6 Å². The van der Waals surface area contributed by atoms with Crippen molar-refractivity contribution in [3.8, 4) is 0 Å². The van der Waals surface area contributed by atoms with Crippen molar-refractivity contribution in [1.29, 1.82) is 0 Å². The van der Waals surface area contributed by atoms with Gasteiger partial charge in [0.15, 0.2) is 5.17 Å². The molecule has 1 N–H and O–H groups in total. The topological polar surface area (TPSA) is 91.5 Å². The molecular formula is C23H28N6O3S2. The van der Waals surface area contributed by atoms with Crippen LogP contribution in [-0.4, -0.2) is 85.4 Å². The number of nitrogens with zero attached hydrogens (tertiary/aromatic N) is 5. The summed E-state index contributed by atoms with van der Waals surface area (Å²) in [7, 11) is -3.13. The summed E-state index contributed by atoms with van der Waals surface area (Å²) in [5.41, 5.74) is 5.01. The third kappa shape index (κ3) is 4.92. The molecule has 3 heterocycles. The maximum atomic E-state index is 11.7. The molecule has 0 aliphatic carbocycles. The molecule has 0 unspecified atom stereocenters. The van der Waals surface area contributed by atoms with Crippen LogP contribution in [-0.2, 0) is 10.0 Å². The van der Waals surface area contributed by atoms with Gasteiger partial charge >= 0.3 is 0 Å². The highest BCUT2D eigenvalue weighted by atomic mass is 32.2. The molecule has 2 aliphatic rings. The van der Waals surface area contributed by atoms with Gasteiger partial charge in [0.05, 0.1) is 23.8 Å². The molecule has 1 aromatic heterocycles. The molecule has 0 radical (unpaired) electrons. The Kier molecular flexibility index (Phi) is 6.77. The molecule has 34 heavy (non-hydrogen) atoms. The summed E-state index contributed by atoms with van der Waals surface area (Å²) in [6.45, 7) is 4.46. The summed E-state index contributed by atoms with van der Waals surface area (Å²) in [6, 6.07) is 16.2. The number of pyridine rings is 1. The first-order chi connectivity index (χ1) is 16.5. The molecule has 0 spiro atoms. The Bertz CT molecular complexity index is 1330. The van der Waals surface area contributed by atoms with Gasteiger partial charge in [0, 0.05) is 49.2 Å². The Balaban J connectivity index is 1.41. The van der Waals surface area contributed by atoms with Crippen LogP contribution in [0.2, 0.25) is 0 Å². The lowest BCUT2D eigenvalue weighted by molar-refractivity contribution is 0.0880. The Labute approximate surface area is 203 Å². The first kappa shape index (κ1) is 23.2. The van der Waals surface area contributed by atoms with E-state index in [1.165, 1.54) is 10.6 Å². The number of sulfonamides is 1. The van der Waals surface area contributed by atoms with Crippen LogP contribution in [0.4, 0.5) is 0 Å². The molecule has 2 aromatic carbocycles. The Morgan fingerprint density at radius 1 is 1.03 bits per heavy atom. The zero-order valence-electron chi connectivity index (χ0n) is 19.1. The van der Waals surface area contributed by atoms with Gasteiger partial charge in [-0.15, -0.1) is 0 Å². The first-order valence-corrected chi connectivity index (χ1v) is 14.1. The molecule has 0 atom stereocenters. The molecule has 0 amide bonds. The predicted molar refractivity (Wildman–Crippen MR) is 137 cm³/mol. The van der Waals surface area contributed by atoms with Gasteiger partial charge in [0.2, 0.25) is 10.0 Å². The number of hydrogen-bond acceptors (Lipinski definition) is 8. The van der Waals surface area contributed by atoms with Crippen LogP contribution in [0, 0.1) is 0 Å². The number of rotatable bonds is 6. The van der Waals surface area contributed by atoms with Crippen molar-refractivity contribution in [2.75, 3.05) is 57.9 Å². The fourth-order valence-corrected chi connectivity index (χ4v) is 5.78. The Morgan fingerprint density at radius 3 is 2.26 bits per heavy atom. The van der Waals surface area contributed by atoms with E-state index in [1.807, 2.05) is 41.1 Å². The maximum absolute atomic E-state index is 11.7. The average Bonchev–Trinajstić information content (AvgIpc) is 3.36. The SMILES string of the molecule is CS(=O)(=O)N1CCN(CCOn2c3ccccc3c(=NNC3=NCCS3)c3ccccc32)CC1. The summed E-state index contributed by atoms with van der Waals surface area (Å²) in [6.07, 6.45) is 1.27. The number of thioether (sulfide) groups is 1. The predicted octanol–water partition coefficient (Wildman–Crippen LogP) is 1.31. The molecule has 0 bridgehead atoms. The third-order valence-corrected chi connectivity index (χ3v) is 8.22. The van der Waals surface area contributed by atoms with Gasteiger partial charge in [0.1, 0.15) is 12.0 Å². The number of hydrogen-bond donors (Lipinski definition) is 1. The highest BCUT2D eigenvalue weighted by Gasteiger charge is 2.23. The van der Waals surface area contributed by atoms with Crippen LogP contribution in [0.1, 0.15) is 0 Å². The summed E-state index contributed by atoms with van der Waals surface area (Å²) in [5.74, 6) is 0.977. The van der Waals surface area contributed by atoms with E-state index in [9.17, 15) is 8.42 Å². The second-order valence-corrected chi connectivity index (χ2v) is 11.3. The largest absolute Gasteiger partial charge is 0.412 e. The van der Waals surface area contributed by atoms with Gasteiger partial charge in [-0.25, -0.2) is 8.42 Å². The summed E-state index contributed by atoms with van der Waals surface area (Å²) >= 11 is 1.68. The van der Waals surface area contributed by atoms with Gasteiger partial charge in [-0.2, -0.15) is 14.1 Å². The highest BCUT2D eigenvalue weighted by Crippen LogP contribution is 2.18. The molecule has 3 aromatic rings. The summed E-state index contributed by atoms with van der Waals surface area (Å²) in [5, 5.41) is 8.41. The van der Waals surface area contributed by atoms with Gasteiger partial charge in [0.25, 0.3) is 0 Å². The number of aliphatic imine (C=N–C) groups is 1. The number of nitrogens with one attached hydrogen (secondary N) is 1. The lowest BCUT2D eigenvalue weighted by Crippen LogP contribution is -2.49. The van der Waals surface area contributed by atoms with E-state index in [-0.39, 0.29) is 0 Å². The van der Waals surface area contributed by atoms with E-state index < -0.39 is 10.0 Å². The van der Waals surface area contributed by atoms with Crippen molar-refractivity contribution in [3.05, 3.63) is 53.9 Å². The second kappa shape index (κ2) is 9.95. The van der Waals surface area contributed by atoms with Crippen LogP contribution in [0.3, 0.4) is 0 Å². The molecular weight excluding hydrogens is 472 g/mol. The zero-order chi connectivity index (χ0) is 23.5. The number of aromatic nitrogens is 1. The van der Waals surface area contributed by atoms with Crippen LogP contribution in [0.25, 0.3) is 21.8 Å². The van der Waals surface area contributed by atoms with Crippen molar-refractivity contribution in [1.82, 2.24) is 19.4 Å². The normalized spacial score (nSPS) is 17.7. The van der Waals surface area contributed by atoms with Crippen LogP contribution in [0.5, 0.6) is 0 Å². The van der Waals surface area contributed by atoms with E-state index in [0.29, 0.717) is 32.8 Å². The zero-order valence-corrected chi connectivity index (χ0v) is 20.7. The fraction of sp³-hybridized carbons (Fsp3) is 0.391. The van der Waals surface area contributed by atoms with E-state index in [1.54, 1.807) is 11.8 Å². The van der Waals surface area contributed by atoms with Crippen LogP contribution >= 0.6 is 11.8 Å². The summed E-state index contributed by atoms with van der Waals surface area (Å²) < 4.78 is 26.9. The van der Waals surface area contributed by atoms with Crippen molar-refractivity contribution < 1.29 is 13.3 Å². The molecule has 11 heteroatoms. The van der Waals surface area contributed by atoms with Crippen molar-refractivity contribution in [2.24, 2.45) is 10.1 Å². The summed E-state index contributed by atoms with van der Waals surface area (Å²) in [4.78, 5) is 13.0. The average molecular weight is 501 g/mol. The number of piperazine rings is 1. The third-order valence-electron chi connectivity index (χ3n) is 6.03. The molecule has 0 saturated carbocycles. The van der Waals surface area contributed by atoms with E-state index in [2.05, 4.69) is 27.5 Å². The quantitative estimate of drug-likeness (QED) is 0.405. The lowest BCUT2D eigenvalue weighted by Gasteiger charge is -2.33. The van der Waals surface area contributed by atoms with E-state index in [0.717, 1.165) is 51.2 Å². The minimum Gasteiger partial charge on any atom is -0.412 e. The highest BCUT2D eigenvalue weighted by molar-refractivity contribution is 8.14. The lowest BCUT2D eigenvalue weighted by atomic mass is 10.1. The molecule has 2 aliphatic heterocycles. The molecule has 1 saturated heterocycles. The number of para-hydroxylation sites is 2. The Hall–Kier alpha value is -2.60. The number of fused-ring (bicyclic) bond motifs is 2. The Morgan fingerprint density at radius 2 is 1.68 bits per heavy atom. The maximum Gasteiger partial charge on any atom is 0.211 e. The van der Waals surface area contributed by atoms with Crippen molar-refractivity contribution in [3.63, 3.8) is 0 Å². The van der Waals surface area contributed by atoms with Gasteiger partial charge < -0.3 is 4.84 Å². The van der Waals surface area contributed by atoms with Crippen molar-refractivity contribution >= 4 is 48.8 Å². The van der Waals surface area contributed by atoms with Crippen molar-refractivity contribution in [2.45, 2.75) is 0 Å². The second-order valence-electron chi connectivity index (χ2n) is 8.27. The number of benzene rings is 2. The first-order valence-electron chi connectivity index (χ1n) is 11.3. The van der Waals surface area contributed by atoms with Gasteiger partial charge in [-0.3, -0.25) is 15.3 Å². The van der Waals surface area contributed by atoms with Gasteiger partial charge in [-0.1, -0.05) is 48.2 Å². The molecule has 180 valence electrons. The fourth-order valence-electron chi connectivity index (χ4n) is 4.29. The smallest absolute Gasteiger partial charge is 0.211 e.